The number of phenols is 1. The van der Waals surface area contributed by atoms with E-state index >= 15 is 0 Å². The molecule has 2 amide bonds. The van der Waals surface area contributed by atoms with Crippen LogP contribution in [0.5, 0.6) is 5.75 Å². The van der Waals surface area contributed by atoms with E-state index in [2.05, 4.69) is 22.5 Å². The Kier molecular flexibility index (Phi) is 7.79. The van der Waals surface area contributed by atoms with Gasteiger partial charge >= 0.3 is 6.09 Å². The number of amidine groups is 1. The maximum absolute atomic E-state index is 12.4. The Balaban J connectivity index is 1.51. The summed E-state index contributed by atoms with van der Waals surface area (Å²) in [4.78, 5) is 26.0. The second-order valence-corrected chi connectivity index (χ2v) is 8.97. The van der Waals surface area contributed by atoms with Crippen LogP contribution in [0.2, 0.25) is 0 Å². The maximum atomic E-state index is 12.4. The number of carbonyl (C=O) groups excluding carboxylic acids is 2. The zero-order chi connectivity index (χ0) is 24.7. The molecule has 3 rings (SSSR count). The Morgan fingerprint density at radius 3 is 2.41 bits per heavy atom. The van der Waals surface area contributed by atoms with Gasteiger partial charge in [-0.1, -0.05) is 11.8 Å². The van der Waals surface area contributed by atoms with Gasteiger partial charge in [0, 0.05) is 29.9 Å². The molecule has 34 heavy (non-hydrogen) atoms. The second kappa shape index (κ2) is 10.8. The van der Waals surface area contributed by atoms with E-state index in [0.717, 1.165) is 31.6 Å². The van der Waals surface area contributed by atoms with Crippen LogP contribution in [0.25, 0.3) is 0 Å². The standard InChI is InChI=1S/C26H30N4O4/c1-26(2,3)34-25(33)29-23(27)19-9-11-20(12-10-19)28-14-6-7-18-8-13-21(22(31)17-18)24(32)30-15-4-5-16-30/h8-13,17,28,31H,4-5,14-16H2,1-3H3,(H2,27,29,33). The molecule has 0 aliphatic carbocycles. The van der Waals surface area contributed by atoms with Crippen LogP contribution in [0.4, 0.5) is 10.5 Å². The quantitative estimate of drug-likeness (QED) is 0.312. The smallest absolute Gasteiger partial charge is 0.413 e. The highest BCUT2D eigenvalue weighted by Crippen LogP contribution is 2.22. The summed E-state index contributed by atoms with van der Waals surface area (Å²) in [5, 5.41) is 23.8. The Hall–Kier alpha value is -3.99. The summed E-state index contributed by atoms with van der Waals surface area (Å²) in [5.41, 5.74) is 1.64. The van der Waals surface area contributed by atoms with Crippen molar-refractivity contribution in [3.05, 3.63) is 59.2 Å². The van der Waals surface area contributed by atoms with Crippen LogP contribution >= 0.6 is 0 Å². The van der Waals surface area contributed by atoms with E-state index in [1.165, 1.54) is 6.07 Å². The molecule has 2 aromatic rings. The van der Waals surface area contributed by atoms with Gasteiger partial charge in [0.05, 0.1) is 12.1 Å². The fourth-order valence-corrected chi connectivity index (χ4v) is 3.41. The lowest BCUT2D eigenvalue weighted by Crippen LogP contribution is -2.36. The molecule has 178 valence electrons. The van der Waals surface area contributed by atoms with Crippen molar-refractivity contribution in [3.63, 3.8) is 0 Å². The SMILES string of the molecule is CC(C)(C)OC(=O)NC(=N)c1ccc(NCC#Cc2ccc(C(=O)N3CCCC3)c(O)c2)cc1. The number of alkyl carbamates (subject to hydrolysis) is 1. The average molecular weight is 463 g/mol. The summed E-state index contributed by atoms with van der Waals surface area (Å²) in [5.74, 6) is 5.70. The fraction of sp³-hybridized carbons (Fsp3) is 0.346. The van der Waals surface area contributed by atoms with Gasteiger partial charge in [-0.25, -0.2) is 4.79 Å². The first-order valence-corrected chi connectivity index (χ1v) is 11.2. The Morgan fingerprint density at radius 1 is 1.12 bits per heavy atom. The van der Waals surface area contributed by atoms with E-state index < -0.39 is 11.7 Å². The number of carbonyl (C=O) groups is 2. The summed E-state index contributed by atoms with van der Waals surface area (Å²) in [6.45, 7) is 7.10. The number of hydrogen-bond donors (Lipinski definition) is 4. The predicted molar refractivity (Wildman–Crippen MR) is 131 cm³/mol. The Bertz CT molecular complexity index is 1120. The molecule has 1 heterocycles. The highest BCUT2D eigenvalue weighted by molar-refractivity contribution is 6.04. The number of benzene rings is 2. The second-order valence-electron chi connectivity index (χ2n) is 8.97. The summed E-state index contributed by atoms with van der Waals surface area (Å²) in [7, 11) is 0. The average Bonchev–Trinajstić information content (AvgIpc) is 3.30. The molecule has 4 N–H and O–H groups in total. The minimum Gasteiger partial charge on any atom is -0.507 e. The maximum Gasteiger partial charge on any atom is 0.413 e. The third kappa shape index (κ3) is 7.01. The number of nitrogens with zero attached hydrogens (tertiary/aromatic N) is 1. The third-order valence-corrected chi connectivity index (χ3v) is 5.03. The number of aromatic hydroxyl groups is 1. The van der Waals surface area contributed by atoms with Crippen LogP contribution in [0, 0.1) is 17.3 Å². The molecular formula is C26H30N4O4. The predicted octanol–water partition coefficient (Wildman–Crippen LogP) is 3.94. The van der Waals surface area contributed by atoms with Crippen molar-refractivity contribution >= 4 is 23.5 Å². The van der Waals surface area contributed by atoms with Crippen molar-refractivity contribution in [1.29, 1.82) is 5.41 Å². The van der Waals surface area contributed by atoms with Crippen LogP contribution in [0.1, 0.15) is 55.1 Å². The fourth-order valence-electron chi connectivity index (χ4n) is 3.41. The molecule has 1 saturated heterocycles. The molecule has 0 spiro atoms. The van der Waals surface area contributed by atoms with Crippen LogP contribution in [-0.4, -0.2) is 53.1 Å². The zero-order valence-electron chi connectivity index (χ0n) is 19.7. The topological polar surface area (TPSA) is 115 Å². The van der Waals surface area contributed by atoms with Gasteiger partial charge in [-0.2, -0.15) is 0 Å². The molecule has 1 fully saturated rings. The van der Waals surface area contributed by atoms with E-state index in [9.17, 15) is 14.7 Å². The zero-order valence-corrected chi connectivity index (χ0v) is 19.7. The van der Waals surface area contributed by atoms with E-state index in [0.29, 0.717) is 23.2 Å². The number of anilines is 1. The van der Waals surface area contributed by atoms with Gasteiger partial charge in [0.2, 0.25) is 0 Å². The minimum absolute atomic E-state index is 0.0490. The van der Waals surface area contributed by atoms with E-state index in [1.807, 2.05) is 0 Å². The first kappa shape index (κ1) is 24.6. The lowest BCUT2D eigenvalue weighted by Gasteiger charge is -2.19. The van der Waals surface area contributed by atoms with Crippen molar-refractivity contribution in [2.45, 2.75) is 39.2 Å². The molecule has 0 bridgehead atoms. The minimum atomic E-state index is -0.672. The van der Waals surface area contributed by atoms with Gasteiger partial charge in [0.1, 0.15) is 17.2 Å². The number of nitrogens with one attached hydrogen (secondary N) is 3. The van der Waals surface area contributed by atoms with Crippen LogP contribution < -0.4 is 10.6 Å². The van der Waals surface area contributed by atoms with Crippen molar-refractivity contribution in [3.8, 4) is 17.6 Å². The van der Waals surface area contributed by atoms with Gasteiger partial charge in [0.15, 0.2) is 0 Å². The molecule has 8 nitrogen and oxygen atoms in total. The van der Waals surface area contributed by atoms with Crippen molar-refractivity contribution < 1.29 is 19.4 Å². The van der Waals surface area contributed by atoms with Crippen molar-refractivity contribution in [2.75, 3.05) is 25.0 Å². The molecule has 0 aromatic heterocycles. The highest BCUT2D eigenvalue weighted by atomic mass is 16.6. The molecule has 1 aliphatic rings. The number of hydrogen-bond acceptors (Lipinski definition) is 6. The summed E-state index contributed by atoms with van der Waals surface area (Å²) >= 11 is 0. The third-order valence-electron chi connectivity index (χ3n) is 5.03. The van der Waals surface area contributed by atoms with Crippen molar-refractivity contribution in [2.24, 2.45) is 0 Å². The molecule has 0 saturated carbocycles. The number of amides is 2. The van der Waals surface area contributed by atoms with E-state index in [1.54, 1.807) is 62.1 Å². The van der Waals surface area contributed by atoms with Gasteiger partial charge in [-0.05, 0) is 76.1 Å². The van der Waals surface area contributed by atoms with E-state index in [-0.39, 0.29) is 17.5 Å². The lowest BCUT2D eigenvalue weighted by molar-refractivity contribution is 0.0562. The Morgan fingerprint density at radius 2 is 1.79 bits per heavy atom. The molecule has 0 atom stereocenters. The highest BCUT2D eigenvalue weighted by Gasteiger charge is 2.22. The van der Waals surface area contributed by atoms with Crippen LogP contribution in [-0.2, 0) is 4.74 Å². The van der Waals surface area contributed by atoms with Crippen LogP contribution in [0.15, 0.2) is 42.5 Å². The summed E-state index contributed by atoms with van der Waals surface area (Å²) < 4.78 is 5.15. The number of phenolic OH excluding ortho intramolecular Hbond substituents is 1. The van der Waals surface area contributed by atoms with E-state index in [4.69, 9.17) is 10.1 Å². The molecule has 0 unspecified atom stereocenters. The summed E-state index contributed by atoms with van der Waals surface area (Å²) in [6, 6.07) is 11.8. The first-order valence-electron chi connectivity index (χ1n) is 11.2. The lowest BCUT2D eigenvalue weighted by atomic mass is 10.1. The Labute approximate surface area is 199 Å². The molecule has 1 aliphatic heterocycles. The molecular weight excluding hydrogens is 432 g/mol. The normalized spacial score (nSPS) is 13.0. The number of ether oxygens (including phenoxy) is 1. The number of rotatable bonds is 4. The van der Waals surface area contributed by atoms with Crippen molar-refractivity contribution in [1.82, 2.24) is 10.2 Å². The summed E-state index contributed by atoms with van der Waals surface area (Å²) in [6.07, 6.45) is 1.32. The molecule has 2 aromatic carbocycles. The first-order chi connectivity index (χ1) is 16.1. The van der Waals surface area contributed by atoms with Crippen LogP contribution in [0.3, 0.4) is 0 Å². The largest absolute Gasteiger partial charge is 0.507 e. The van der Waals surface area contributed by atoms with Gasteiger partial charge in [0.25, 0.3) is 5.91 Å². The van der Waals surface area contributed by atoms with Gasteiger partial charge in [-0.15, -0.1) is 0 Å². The molecule has 8 heteroatoms. The van der Waals surface area contributed by atoms with Gasteiger partial charge < -0.3 is 20.1 Å². The monoisotopic (exact) mass is 462 g/mol. The van der Waals surface area contributed by atoms with Gasteiger partial charge in [-0.3, -0.25) is 15.5 Å². The molecule has 0 radical (unpaired) electrons. The number of likely N-dealkylation sites (tertiary alicyclic amines) is 1.